The Labute approximate surface area is 165 Å². The number of methoxy groups -OCH3 is 2. The number of aromatic nitrogens is 2. The molecule has 0 bridgehead atoms. The quantitative estimate of drug-likeness (QED) is 0.602. The molecule has 10 heteroatoms. The Balaban J connectivity index is 1.57. The summed E-state index contributed by atoms with van der Waals surface area (Å²) in [5, 5.41) is 3.12. The summed E-state index contributed by atoms with van der Waals surface area (Å²) in [7, 11) is -0.787. The van der Waals surface area contributed by atoms with E-state index >= 15 is 0 Å². The average Bonchev–Trinajstić information content (AvgIpc) is 3.26. The van der Waals surface area contributed by atoms with Crippen molar-refractivity contribution in [3.63, 3.8) is 0 Å². The van der Waals surface area contributed by atoms with E-state index in [1.165, 1.54) is 45.5 Å². The van der Waals surface area contributed by atoms with E-state index in [0.29, 0.717) is 18.1 Å². The smallest absolute Gasteiger partial charge is 0.244 e. The molecule has 1 saturated heterocycles. The number of benzene rings is 1. The Kier molecular flexibility index (Phi) is 6.53. The minimum absolute atomic E-state index is 0.0640. The zero-order chi connectivity index (χ0) is 20.0. The molecule has 2 heterocycles. The molecule has 0 spiro atoms. The van der Waals surface area contributed by atoms with E-state index in [0.717, 1.165) is 18.9 Å². The zero-order valence-corrected chi connectivity index (χ0v) is 16.8. The van der Waals surface area contributed by atoms with Crippen molar-refractivity contribution in [2.45, 2.75) is 17.7 Å². The highest BCUT2D eigenvalue weighted by Crippen LogP contribution is 2.28. The lowest BCUT2D eigenvalue weighted by Crippen LogP contribution is -2.29. The molecule has 2 N–H and O–H groups in total. The third kappa shape index (κ3) is 4.82. The highest BCUT2D eigenvalue weighted by molar-refractivity contribution is 7.89. The van der Waals surface area contributed by atoms with Crippen LogP contribution in [-0.2, 0) is 10.0 Å². The van der Waals surface area contributed by atoms with E-state index in [-0.39, 0.29) is 17.2 Å². The second-order valence-corrected chi connectivity index (χ2v) is 8.03. The van der Waals surface area contributed by atoms with Crippen molar-refractivity contribution >= 4 is 21.7 Å². The lowest BCUT2D eigenvalue weighted by atomic mass is 10.3. The number of nitrogens with one attached hydrogen (secondary N) is 2. The van der Waals surface area contributed by atoms with Gasteiger partial charge in [0, 0.05) is 38.3 Å². The number of ether oxygens (including phenoxy) is 2. The molecule has 1 aromatic heterocycles. The molecule has 0 aliphatic carbocycles. The normalized spacial score (nSPS) is 14.1. The third-order valence-corrected chi connectivity index (χ3v) is 5.97. The second kappa shape index (κ2) is 9.07. The van der Waals surface area contributed by atoms with Gasteiger partial charge in [0.15, 0.2) is 0 Å². The summed E-state index contributed by atoms with van der Waals surface area (Å²) in [6.45, 7) is 2.58. The highest BCUT2D eigenvalue weighted by Gasteiger charge is 2.19. The van der Waals surface area contributed by atoms with Crippen LogP contribution < -0.4 is 24.4 Å². The molecule has 0 atom stereocenters. The van der Waals surface area contributed by atoms with Crippen LogP contribution >= 0.6 is 0 Å². The molecule has 28 heavy (non-hydrogen) atoms. The molecule has 2 aromatic rings. The van der Waals surface area contributed by atoms with Gasteiger partial charge in [0.2, 0.25) is 10.0 Å². The van der Waals surface area contributed by atoms with Gasteiger partial charge in [-0.05, 0) is 25.0 Å². The monoisotopic (exact) mass is 407 g/mol. The highest BCUT2D eigenvalue weighted by atomic mass is 32.2. The largest absolute Gasteiger partial charge is 0.497 e. The first-order chi connectivity index (χ1) is 13.5. The van der Waals surface area contributed by atoms with Gasteiger partial charge < -0.3 is 19.7 Å². The first kappa shape index (κ1) is 20.2. The van der Waals surface area contributed by atoms with Crippen LogP contribution in [0.25, 0.3) is 0 Å². The van der Waals surface area contributed by atoms with E-state index in [4.69, 9.17) is 9.47 Å². The molecule has 1 aliphatic rings. The molecular weight excluding hydrogens is 382 g/mol. The van der Waals surface area contributed by atoms with E-state index in [1.807, 2.05) is 6.07 Å². The molecule has 1 fully saturated rings. The molecule has 1 aliphatic heterocycles. The van der Waals surface area contributed by atoms with Crippen LogP contribution in [0.15, 0.2) is 35.5 Å². The van der Waals surface area contributed by atoms with E-state index in [9.17, 15) is 8.42 Å². The Hall–Kier alpha value is -2.59. The van der Waals surface area contributed by atoms with Crippen LogP contribution in [0.3, 0.4) is 0 Å². The van der Waals surface area contributed by atoms with Crippen LogP contribution in [0.2, 0.25) is 0 Å². The van der Waals surface area contributed by atoms with E-state index < -0.39 is 10.0 Å². The fourth-order valence-electron chi connectivity index (χ4n) is 3.01. The van der Waals surface area contributed by atoms with Gasteiger partial charge in [-0.25, -0.2) is 23.1 Å². The number of nitrogens with zero attached hydrogens (tertiary/aromatic N) is 3. The number of hydrogen-bond acceptors (Lipinski definition) is 8. The summed E-state index contributed by atoms with van der Waals surface area (Å²) in [6.07, 6.45) is 3.86. The maximum absolute atomic E-state index is 12.6. The zero-order valence-electron chi connectivity index (χ0n) is 16.0. The van der Waals surface area contributed by atoms with Gasteiger partial charge in [0.1, 0.15) is 34.4 Å². The standard InChI is InChI=1S/C18H25N5O4S/c1-26-14-5-6-16(15(11-14)27-2)28(24,25)22-8-7-19-17-12-18(21-13-20-17)23-9-3-4-10-23/h5-6,11-13,22H,3-4,7-10H2,1-2H3,(H,19,20,21). The van der Waals surface area contributed by atoms with Crippen LogP contribution in [0.4, 0.5) is 11.6 Å². The predicted molar refractivity (Wildman–Crippen MR) is 107 cm³/mol. The summed E-state index contributed by atoms with van der Waals surface area (Å²) in [6, 6.07) is 6.45. The predicted octanol–water partition coefficient (Wildman–Crippen LogP) is 1.48. The minimum atomic E-state index is -3.72. The van der Waals surface area contributed by atoms with Gasteiger partial charge in [0.25, 0.3) is 0 Å². The van der Waals surface area contributed by atoms with Crippen molar-refractivity contribution in [1.82, 2.24) is 14.7 Å². The molecule has 152 valence electrons. The number of hydrogen-bond donors (Lipinski definition) is 2. The minimum Gasteiger partial charge on any atom is -0.497 e. The Bertz CT molecular complexity index is 901. The summed E-state index contributed by atoms with van der Waals surface area (Å²) in [4.78, 5) is 10.8. The van der Waals surface area contributed by atoms with E-state index in [1.54, 1.807) is 6.07 Å². The third-order valence-electron chi connectivity index (χ3n) is 4.47. The molecular formula is C18H25N5O4S. The summed E-state index contributed by atoms with van der Waals surface area (Å²) in [5.74, 6) is 2.30. The van der Waals surface area contributed by atoms with Crippen molar-refractivity contribution in [3.8, 4) is 11.5 Å². The van der Waals surface area contributed by atoms with E-state index in [2.05, 4.69) is 24.9 Å². The maximum atomic E-state index is 12.6. The van der Waals surface area contributed by atoms with Crippen molar-refractivity contribution in [1.29, 1.82) is 0 Å². The lowest BCUT2D eigenvalue weighted by Gasteiger charge is -2.16. The Morgan fingerprint density at radius 1 is 1.07 bits per heavy atom. The number of sulfonamides is 1. The van der Waals surface area contributed by atoms with Crippen molar-refractivity contribution in [3.05, 3.63) is 30.6 Å². The summed E-state index contributed by atoms with van der Waals surface area (Å²) in [5.41, 5.74) is 0. The van der Waals surface area contributed by atoms with Crippen molar-refractivity contribution < 1.29 is 17.9 Å². The van der Waals surface area contributed by atoms with Gasteiger partial charge in [-0.3, -0.25) is 0 Å². The lowest BCUT2D eigenvalue weighted by molar-refractivity contribution is 0.386. The molecule has 9 nitrogen and oxygen atoms in total. The van der Waals surface area contributed by atoms with Gasteiger partial charge in [-0.1, -0.05) is 0 Å². The summed E-state index contributed by atoms with van der Waals surface area (Å²) >= 11 is 0. The molecule has 1 aromatic carbocycles. The van der Waals surface area contributed by atoms with Crippen LogP contribution in [0, 0.1) is 0 Å². The van der Waals surface area contributed by atoms with Gasteiger partial charge >= 0.3 is 0 Å². The number of rotatable bonds is 9. The van der Waals surface area contributed by atoms with Gasteiger partial charge in [-0.2, -0.15) is 0 Å². The van der Waals surface area contributed by atoms with Gasteiger partial charge in [-0.15, -0.1) is 0 Å². The van der Waals surface area contributed by atoms with Crippen molar-refractivity contribution in [2.24, 2.45) is 0 Å². The average molecular weight is 407 g/mol. The van der Waals surface area contributed by atoms with Crippen molar-refractivity contribution in [2.75, 3.05) is 50.6 Å². The molecule has 0 unspecified atom stereocenters. The van der Waals surface area contributed by atoms with Gasteiger partial charge in [0.05, 0.1) is 14.2 Å². The number of anilines is 2. The van der Waals surface area contributed by atoms with Crippen LogP contribution in [-0.4, -0.2) is 58.8 Å². The first-order valence-electron chi connectivity index (χ1n) is 9.06. The molecule has 3 rings (SSSR count). The summed E-state index contributed by atoms with van der Waals surface area (Å²) < 4.78 is 38.0. The Morgan fingerprint density at radius 3 is 2.57 bits per heavy atom. The topological polar surface area (TPSA) is 106 Å². The van der Waals surface area contributed by atoms with Crippen LogP contribution in [0.5, 0.6) is 11.5 Å². The fraction of sp³-hybridized carbons (Fsp3) is 0.444. The SMILES string of the molecule is COc1ccc(S(=O)(=O)NCCNc2cc(N3CCCC3)ncn2)c(OC)c1. The molecule has 0 saturated carbocycles. The first-order valence-corrected chi connectivity index (χ1v) is 10.5. The fourth-order valence-corrected chi connectivity index (χ4v) is 4.19. The maximum Gasteiger partial charge on any atom is 0.244 e. The second-order valence-electron chi connectivity index (χ2n) is 6.30. The van der Waals surface area contributed by atoms with Crippen LogP contribution in [0.1, 0.15) is 12.8 Å². The molecule has 0 radical (unpaired) electrons. The Morgan fingerprint density at radius 2 is 1.86 bits per heavy atom. The molecule has 0 amide bonds.